The molecule has 20 heavy (non-hydrogen) atoms. The van der Waals surface area contributed by atoms with Gasteiger partial charge in [-0.3, -0.25) is 9.69 Å². The highest BCUT2D eigenvalue weighted by molar-refractivity contribution is 7.13. The minimum atomic E-state index is -0.271. The van der Waals surface area contributed by atoms with Gasteiger partial charge in [0.25, 0.3) is 0 Å². The summed E-state index contributed by atoms with van der Waals surface area (Å²) in [6.45, 7) is 6.26. The highest BCUT2D eigenvalue weighted by Gasteiger charge is 2.21. The summed E-state index contributed by atoms with van der Waals surface area (Å²) in [5.41, 5.74) is 1.89. The van der Waals surface area contributed by atoms with E-state index < -0.39 is 0 Å². The monoisotopic (exact) mass is 294 g/mol. The van der Waals surface area contributed by atoms with Crippen molar-refractivity contribution in [2.45, 2.75) is 33.4 Å². The molecule has 2 aromatic rings. The van der Waals surface area contributed by atoms with E-state index in [2.05, 4.69) is 15.5 Å². The maximum absolute atomic E-state index is 12.1. The average Bonchev–Trinajstić information content (AvgIpc) is 3.02. The Morgan fingerprint density at radius 1 is 1.55 bits per heavy atom. The van der Waals surface area contributed by atoms with Crippen molar-refractivity contribution >= 4 is 22.4 Å². The molecule has 0 fully saturated rings. The largest absolute Gasteiger partial charge is 0.361 e. The molecule has 0 aliphatic rings. The zero-order valence-corrected chi connectivity index (χ0v) is 12.8. The molecule has 0 aromatic carbocycles. The van der Waals surface area contributed by atoms with Crippen molar-refractivity contribution in [3.05, 3.63) is 28.6 Å². The second-order valence-electron chi connectivity index (χ2n) is 4.72. The smallest absolute Gasteiger partial charge is 0.243 e. The zero-order chi connectivity index (χ0) is 14.7. The van der Waals surface area contributed by atoms with E-state index in [0.717, 1.165) is 17.0 Å². The van der Waals surface area contributed by atoms with Crippen molar-refractivity contribution in [3.8, 4) is 0 Å². The van der Waals surface area contributed by atoms with Gasteiger partial charge in [0.2, 0.25) is 5.91 Å². The molecule has 1 atom stereocenters. The number of nitrogens with zero attached hydrogens (tertiary/aromatic N) is 3. The van der Waals surface area contributed by atoms with Crippen LogP contribution < -0.4 is 5.32 Å². The lowest BCUT2D eigenvalue weighted by atomic mass is 10.1. The van der Waals surface area contributed by atoms with Crippen molar-refractivity contribution in [2.24, 2.45) is 0 Å². The Labute approximate surface area is 121 Å². The van der Waals surface area contributed by atoms with E-state index in [0.29, 0.717) is 11.7 Å². The Morgan fingerprint density at radius 3 is 2.85 bits per heavy atom. The van der Waals surface area contributed by atoms with Crippen LogP contribution in [0, 0.1) is 13.8 Å². The second-order valence-corrected chi connectivity index (χ2v) is 5.61. The number of rotatable bonds is 5. The maximum Gasteiger partial charge on any atom is 0.243 e. The average molecular weight is 294 g/mol. The number of hydrogen-bond donors (Lipinski definition) is 1. The summed E-state index contributed by atoms with van der Waals surface area (Å²) in [5.74, 6) is 0.719. The minimum Gasteiger partial charge on any atom is -0.361 e. The lowest BCUT2D eigenvalue weighted by Crippen LogP contribution is -2.39. The molecule has 2 rings (SSSR count). The van der Waals surface area contributed by atoms with Crippen LogP contribution in [0.25, 0.3) is 0 Å². The molecule has 7 heteroatoms. The Balaban J connectivity index is 1.98. The maximum atomic E-state index is 12.1. The van der Waals surface area contributed by atoms with Gasteiger partial charge in [-0.15, -0.1) is 11.3 Å². The number of hydrogen-bond acceptors (Lipinski definition) is 6. The van der Waals surface area contributed by atoms with Crippen LogP contribution in [0.1, 0.15) is 23.9 Å². The molecule has 1 amide bonds. The molecular formula is C13H18N4O2S. The third-order valence-electron chi connectivity index (χ3n) is 3.29. The first-order valence-corrected chi connectivity index (χ1v) is 7.19. The molecule has 0 aliphatic carbocycles. The highest BCUT2D eigenvalue weighted by Crippen LogP contribution is 2.16. The summed E-state index contributed by atoms with van der Waals surface area (Å²) in [4.78, 5) is 18.1. The van der Waals surface area contributed by atoms with Crippen molar-refractivity contribution in [1.82, 2.24) is 15.0 Å². The standard InChI is InChI=1S/C13H18N4O2S/c1-8-11(10(3)19-16-8)7-17(4)9(2)12(18)15-13-14-5-6-20-13/h5-6,9H,7H2,1-4H3,(H,14,15,18)/t9-/m0/s1. The number of likely N-dealkylation sites (N-methyl/N-ethyl adjacent to an activating group) is 1. The SMILES string of the molecule is Cc1noc(C)c1CN(C)[C@@H](C)C(=O)Nc1nccs1. The predicted octanol–water partition coefficient (Wildman–Crippen LogP) is 2.21. The summed E-state index contributed by atoms with van der Waals surface area (Å²) in [5, 5.41) is 9.17. The normalized spacial score (nSPS) is 12.7. The van der Waals surface area contributed by atoms with Crippen LogP contribution in [0.2, 0.25) is 0 Å². The van der Waals surface area contributed by atoms with Gasteiger partial charge in [-0.1, -0.05) is 5.16 Å². The van der Waals surface area contributed by atoms with Gasteiger partial charge in [0.1, 0.15) is 5.76 Å². The van der Waals surface area contributed by atoms with Crippen LogP contribution in [0.4, 0.5) is 5.13 Å². The van der Waals surface area contributed by atoms with Gasteiger partial charge in [-0.25, -0.2) is 4.98 Å². The fourth-order valence-electron chi connectivity index (χ4n) is 1.81. The van der Waals surface area contributed by atoms with E-state index in [1.54, 1.807) is 6.20 Å². The van der Waals surface area contributed by atoms with E-state index in [4.69, 9.17) is 4.52 Å². The van der Waals surface area contributed by atoms with Crippen LogP contribution in [-0.2, 0) is 11.3 Å². The highest BCUT2D eigenvalue weighted by atomic mass is 32.1. The van der Waals surface area contributed by atoms with Crippen molar-refractivity contribution < 1.29 is 9.32 Å². The van der Waals surface area contributed by atoms with E-state index >= 15 is 0 Å². The van der Waals surface area contributed by atoms with Crippen LogP contribution in [-0.4, -0.2) is 34.0 Å². The van der Waals surface area contributed by atoms with Gasteiger partial charge in [-0.2, -0.15) is 0 Å². The Bertz CT molecular complexity index is 560. The lowest BCUT2D eigenvalue weighted by molar-refractivity contribution is -0.120. The summed E-state index contributed by atoms with van der Waals surface area (Å²) in [7, 11) is 1.90. The summed E-state index contributed by atoms with van der Waals surface area (Å²) in [6.07, 6.45) is 1.67. The molecule has 2 aromatic heterocycles. The molecule has 0 radical (unpaired) electrons. The number of thiazole rings is 1. The molecule has 0 aliphatic heterocycles. The first-order chi connectivity index (χ1) is 9.49. The lowest BCUT2D eigenvalue weighted by Gasteiger charge is -2.23. The van der Waals surface area contributed by atoms with E-state index in [1.807, 2.05) is 38.1 Å². The number of aromatic nitrogens is 2. The van der Waals surface area contributed by atoms with Crippen molar-refractivity contribution in [3.63, 3.8) is 0 Å². The van der Waals surface area contributed by atoms with E-state index in [9.17, 15) is 4.79 Å². The number of aryl methyl sites for hydroxylation is 2. The summed E-state index contributed by atoms with van der Waals surface area (Å²) in [6, 6.07) is -0.271. The molecule has 0 unspecified atom stereocenters. The van der Waals surface area contributed by atoms with Gasteiger partial charge < -0.3 is 9.84 Å². The molecule has 2 heterocycles. The second kappa shape index (κ2) is 6.15. The summed E-state index contributed by atoms with van der Waals surface area (Å²) >= 11 is 1.40. The van der Waals surface area contributed by atoms with Gasteiger partial charge in [0.15, 0.2) is 5.13 Å². The van der Waals surface area contributed by atoms with Crippen molar-refractivity contribution in [1.29, 1.82) is 0 Å². The number of nitrogens with one attached hydrogen (secondary N) is 1. The van der Waals surface area contributed by atoms with Crippen LogP contribution >= 0.6 is 11.3 Å². The molecule has 0 spiro atoms. The Hall–Kier alpha value is -1.73. The molecular weight excluding hydrogens is 276 g/mol. The zero-order valence-electron chi connectivity index (χ0n) is 12.0. The first-order valence-electron chi connectivity index (χ1n) is 6.31. The third-order valence-corrected chi connectivity index (χ3v) is 3.98. The first kappa shape index (κ1) is 14.7. The van der Waals surface area contributed by atoms with Crippen molar-refractivity contribution in [2.75, 3.05) is 12.4 Å². The topological polar surface area (TPSA) is 71.3 Å². The Kier molecular flexibility index (Phi) is 4.51. The fourth-order valence-corrected chi connectivity index (χ4v) is 2.34. The number of amides is 1. The Morgan fingerprint density at radius 2 is 2.30 bits per heavy atom. The van der Waals surface area contributed by atoms with Crippen LogP contribution in [0.15, 0.2) is 16.1 Å². The van der Waals surface area contributed by atoms with E-state index in [-0.39, 0.29) is 11.9 Å². The van der Waals surface area contributed by atoms with Crippen LogP contribution in [0.5, 0.6) is 0 Å². The molecule has 0 saturated heterocycles. The third kappa shape index (κ3) is 3.23. The number of anilines is 1. The molecule has 108 valence electrons. The minimum absolute atomic E-state index is 0.0748. The van der Waals surface area contributed by atoms with E-state index in [1.165, 1.54) is 11.3 Å². The number of carbonyl (C=O) groups is 1. The molecule has 1 N–H and O–H groups in total. The van der Waals surface area contributed by atoms with Gasteiger partial charge in [0.05, 0.1) is 11.7 Å². The molecule has 0 bridgehead atoms. The molecule has 0 saturated carbocycles. The van der Waals surface area contributed by atoms with Gasteiger partial charge >= 0.3 is 0 Å². The number of carbonyl (C=O) groups excluding carboxylic acids is 1. The fraction of sp³-hybridized carbons (Fsp3) is 0.462. The summed E-state index contributed by atoms with van der Waals surface area (Å²) < 4.78 is 5.14. The molecule has 6 nitrogen and oxygen atoms in total. The quantitative estimate of drug-likeness (QED) is 0.915. The van der Waals surface area contributed by atoms with Crippen LogP contribution in [0.3, 0.4) is 0 Å². The predicted molar refractivity (Wildman–Crippen MR) is 77.6 cm³/mol. The van der Waals surface area contributed by atoms with Gasteiger partial charge in [0, 0.05) is 23.7 Å². The van der Waals surface area contributed by atoms with Gasteiger partial charge in [-0.05, 0) is 27.8 Å².